The van der Waals surface area contributed by atoms with E-state index in [1.54, 1.807) is 0 Å². The van der Waals surface area contributed by atoms with Gasteiger partial charge in [-0.3, -0.25) is 0 Å². The van der Waals surface area contributed by atoms with Gasteiger partial charge in [0.1, 0.15) is 0 Å². The van der Waals surface area contributed by atoms with Gasteiger partial charge in [0.2, 0.25) is 0 Å². The molecule has 2 rings (SSSR count). The third-order valence-electron chi connectivity index (χ3n) is 3.75. The molecule has 0 aliphatic carbocycles. The van der Waals surface area contributed by atoms with Crippen molar-refractivity contribution in [2.45, 2.75) is 32.1 Å². The molecule has 0 bridgehead atoms. The second-order valence-corrected chi connectivity index (χ2v) is 5.15. The Hall–Kier alpha value is -0.120. The highest BCUT2D eigenvalue weighted by Gasteiger charge is 2.34. The highest BCUT2D eigenvalue weighted by molar-refractivity contribution is 4.85. The van der Waals surface area contributed by atoms with Crippen LogP contribution >= 0.6 is 0 Å². The minimum absolute atomic E-state index is 0.0373. The van der Waals surface area contributed by atoms with Crippen molar-refractivity contribution < 1.29 is 9.84 Å². The summed E-state index contributed by atoms with van der Waals surface area (Å²) in [6, 6.07) is 0. The Balaban J connectivity index is 1.87. The van der Waals surface area contributed by atoms with Crippen LogP contribution in [-0.2, 0) is 4.74 Å². The Morgan fingerprint density at radius 3 is 2.53 bits per heavy atom. The van der Waals surface area contributed by atoms with Gasteiger partial charge >= 0.3 is 0 Å². The van der Waals surface area contributed by atoms with Crippen molar-refractivity contribution in [2.75, 3.05) is 39.5 Å². The maximum Gasteiger partial charge on any atom is 0.0556 e. The Labute approximate surface area is 92.4 Å². The molecule has 3 nitrogen and oxygen atoms in total. The van der Waals surface area contributed by atoms with Crippen LogP contribution in [0.3, 0.4) is 0 Å². The first-order valence-electron chi connectivity index (χ1n) is 6.26. The third kappa shape index (κ3) is 2.92. The van der Waals surface area contributed by atoms with Crippen LogP contribution in [0.15, 0.2) is 0 Å². The number of likely N-dealkylation sites (tertiary alicyclic amines) is 1. The van der Waals surface area contributed by atoms with Crippen molar-refractivity contribution in [1.29, 1.82) is 0 Å². The summed E-state index contributed by atoms with van der Waals surface area (Å²) < 4.78 is 5.53. The fraction of sp³-hybridized carbons (Fsp3) is 1.00. The molecule has 1 atom stereocenters. The average molecular weight is 213 g/mol. The summed E-state index contributed by atoms with van der Waals surface area (Å²) in [5.74, 6) is 0. The van der Waals surface area contributed by atoms with Crippen LogP contribution in [0.4, 0.5) is 0 Å². The number of hydrogen-bond acceptors (Lipinski definition) is 3. The molecule has 0 aromatic rings. The molecule has 0 aromatic carbocycles. The van der Waals surface area contributed by atoms with Crippen molar-refractivity contribution in [3.05, 3.63) is 0 Å². The van der Waals surface area contributed by atoms with Gasteiger partial charge in [-0.2, -0.15) is 0 Å². The van der Waals surface area contributed by atoms with Crippen LogP contribution in [0.25, 0.3) is 0 Å². The normalized spacial score (nSPS) is 34.2. The number of aliphatic hydroxyl groups is 1. The molecule has 15 heavy (non-hydrogen) atoms. The van der Waals surface area contributed by atoms with Crippen LogP contribution in [0, 0.1) is 5.41 Å². The van der Waals surface area contributed by atoms with Crippen LogP contribution in [0.1, 0.15) is 32.1 Å². The van der Waals surface area contributed by atoms with E-state index in [2.05, 4.69) is 4.90 Å². The molecule has 1 unspecified atom stereocenters. The lowest BCUT2D eigenvalue weighted by atomic mass is 9.82. The summed E-state index contributed by atoms with van der Waals surface area (Å²) >= 11 is 0. The molecule has 2 aliphatic heterocycles. The lowest BCUT2D eigenvalue weighted by Crippen LogP contribution is -2.47. The Morgan fingerprint density at radius 2 is 1.93 bits per heavy atom. The Morgan fingerprint density at radius 1 is 1.13 bits per heavy atom. The maximum absolute atomic E-state index is 9.57. The van der Waals surface area contributed by atoms with E-state index in [1.807, 2.05) is 0 Å². The summed E-state index contributed by atoms with van der Waals surface area (Å²) in [6.45, 7) is 5.36. The van der Waals surface area contributed by atoms with Gasteiger partial charge in [-0.15, -0.1) is 0 Å². The van der Waals surface area contributed by atoms with E-state index >= 15 is 0 Å². The van der Waals surface area contributed by atoms with E-state index < -0.39 is 0 Å². The molecule has 0 spiro atoms. The highest BCUT2D eigenvalue weighted by Crippen LogP contribution is 2.30. The second kappa shape index (κ2) is 5.28. The van der Waals surface area contributed by atoms with Crippen LogP contribution in [0.2, 0.25) is 0 Å². The summed E-state index contributed by atoms with van der Waals surface area (Å²) in [7, 11) is 0. The van der Waals surface area contributed by atoms with Gasteiger partial charge < -0.3 is 14.7 Å². The first-order valence-corrected chi connectivity index (χ1v) is 6.26. The molecule has 0 aromatic heterocycles. The number of ether oxygens (including phenoxy) is 1. The number of piperidine rings is 1. The molecule has 88 valence electrons. The van der Waals surface area contributed by atoms with Gasteiger partial charge in [0.15, 0.2) is 0 Å². The fourth-order valence-electron chi connectivity index (χ4n) is 2.80. The summed E-state index contributed by atoms with van der Waals surface area (Å²) in [5.41, 5.74) is 0.0373. The number of hydrogen-bond donors (Lipinski definition) is 1. The minimum atomic E-state index is 0.0373. The molecule has 1 N–H and O–H groups in total. The van der Waals surface area contributed by atoms with Crippen molar-refractivity contribution in [3.63, 3.8) is 0 Å². The van der Waals surface area contributed by atoms with Crippen LogP contribution < -0.4 is 0 Å². The quantitative estimate of drug-likeness (QED) is 0.766. The lowest BCUT2D eigenvalue weighted by molar-refractivity contribution is -0.0572. The third-order valence-corrected chi connectivity index (χ3v) is 3.75. The molecule has 0 radical (unpaired) electrons. The molecular weight excluding hydrogens is 190 g/mol. The predicted octanol–water partition coefficient (Wildman–Crippen LogP) is 1.26. The van der Waals surface area contributed by atoms with Gasteiger partial charge in [0.25, 0.3) is 0 Å². The second-order valence-electron chi connectivity index (χ2n) is 5.15. The molecule has 2 heterocycles. The van der Waals surface area contributed by atoms with Crippen molar-refractivity contribution in [3.8, 4) is 0 Å². The van der Waals surface area contributed by atoms with E-state index in [0.717, 1.165) is 32.6 Å². The smallest absolute Gasteiger partial charge is 0.0556 e. The van der Waals surface area contributed by atoms with E-state index in [1.165, 1.54) is 32.4 Å². The number of rotatable bonds is 3. The Kier molecular flexibility index (Phi) is 4.00. The standard InChI is InChI=1S/C12H23NO2/c14-10-12(5-4-8-15-11-12)9-13-6-2-1-3-7-13/h14H,1-11H2. The number of nitrogens with zero attached hydrogens (tertiary/aromatic N) is 1. The summed E-state index contributed by atoms with van der Waals surface area (Å²) in [5, 5.41) is 9.57. The van der Waals surface area contributed by atoms with Gasteiger partial charge in [0, 0.05) is 18.6 Å². The lowest BCUT2D eigenvalue weighted by Gasteiger charge is -2.40. The van der Waals surface area contributed by atoms with Crippen LogP contribution in [-0.4, -0.2) is 49.5 Å². The Bertz CT molecular complexity index is 184. The fourth-order valence-corrected chi connectivity index (χ4v) is 2.80. The molecule has 2 saturated heterocycles. The zero-order valence-corrected chi connectivity index (χ0v) is 9.58. The van der Waals surface area contributed by atoms with E-state index in [9.17, 15) is 5.11 Å². The highest BCUT2D eigenvalue weighted by atomic mass is 16.5. The zero-order valence-electron chi connectivity index (χ0n) is 9.58. The average Bonchev–Trinajstić information content (AvgIpc) is 2.32. The summed E-state index contributed by atoms with van der Waals surface area (Å²) in [4.78, 5) is 2.51. The predicted molar refractivity (Wildman–Crippen MR) is 59.9 cm³/mol. The maximum atomic E-state index is 9.57. The number of aliphatic hydroxyl groups excluding tert-OH is 1. The van der Waals surface area contributed by atoms with E-state index in [4.69, 9.17) is 4.74 Å². The van der Waals surface area contributed by atoms with Gasteiger partial charge in [-0.1, -0.05) is 6.42 Å². The first-order chi connectivity index (χ1) is 7.35. The molecule has 0 amide bonds. The summed E-state index contributed by atoms with van der Waals surface area (Å²) in [6.07, 6.45) is 6.25. The molecule has 2 aliphatic rings. The molecule has 2 fully saturated rings. The van der Waals surface area contributed by atoms with Crippen LogP contribution in [0.5, 0.6) is 0 Å². The van der Waals surface area contributed by atoms with Gasteiger partial charge in [0.05, 0.1) is 13.2 Å². The van der Waals surface area contributed by atoms with Gasteiger partial charge in [-0.05, 0) is 38.8 Å². The largest absolute Gasteiger partial charge is 0.396 e. The van der Waals surface area contributed by atoms with E-state index in [0.29, 0.717) is 0 Å². The van der Waals surface area contributed by atoms with Crippen molar-refractivity contribution in [1.82, 2.24) is 4.90 Å². The minimum Gasteiger partial charge on any atom is -0.396 e. The van der Waals surface area contributed by atoms with Crippen molar-refractivity contribution in [2.24, 2.45) is 5.41 Å². The molecule has 3 heteroatoms. The zero-order chi connectivity index (χ0) is 10.6. The topological polar surface area (TPSA) is 32.7 Å². The SMILES string of the molecule is OCC1(CN2CCCCC2)CCCOC1. The van der Waals surface area contributed by atoms with Crippen molar-refractivity contribution >= 4 is 0 Å². The first kappa shape index (κ1) is 11.4. The monoisotopic (exact) mass is 213 g/mol. The van der Waals surface area contributed by atoms with Gasteiger partial charge in [-0.25, -0.2) is 0 Å². The molecule has 0 saturated carbocycles. The van der Waals surface area contributed by atoms with E-state index in [-0.39, 0.29) is 12.0 Å². The molecular formula is C12H23NO2.